The Morgan fingerprint density at radius 2 is 2.00 bits per heavy atom. The summed E-state index contributed by atoms with van der Waals surface area (Å²) in [5, 5.41) is 7.64. The fourth-order valence-corrected chi connectivity index (χ4v) is 6.47. The van der Waals surface area contributed by atoms with Crippen LogP contribution in [0.5, 0.6) is 0 Å². The fourth-order valence-electron chi connectivity index (χ4n) is 5.31. The molecule has 2 aromatic carbocycles. The predicted octanol–water partition coefficient (Wildman–Crippen LogP) is 5.34. The summed E-state index contributed by atoms with van der Waals surface area (Å²) >= 11 is 1.46. The van der Waals surface area contributed by atoms with Gasteiger partial charge in [-0.15, -0.1) is 0 Å². The molecule has 3 heterocycles. The summed E-state index contributed by atoms with van der Waals surface area (Å²) < 4.78 is 29.3. The zero-order valence-corrected chi connectivity index (χ0v) is 24.5. The highest BCUT2D eigenvalue weighted by molar-refractivity contribution is 8.13. The largest absolute Gasteiger partial charge is 0.460 e. The van der Waals surface area contributed by atoms with Gasteiger partial charge in [-0.1, -0.05) is 42.1 Å². The van der Waals surface area contributed by atoms with Crippen LogP contribution in [0.3, 0.4) is 0 Å². The average Bonchev–Trinajstić information content (AvgIpc) is 3.38. The second-order valence-corrected chi connectivity index (χ2v) is 12.6. The molecule has 0 radical (unpaired) electrons. The van der Waals surface area contributed by atoms with E-state index in [1.165, 1.54) is 17.8 Å². The number of nitrogens with zero attached hydrogens (tertiary/aromatic N) is 3. The van der Waals surface area contributed by atoms with Gasteiger partial charge in [0.1, 0.15) is 17.0 Å². The monoisotopic (exact) mass is 578 g/mol. The van der Waals surface area contributed by atoms with Gasteiger partial charge in [0.2, 0.25) is 0 Å². The Balaban J connectivity index is 1.46. The first-order chi connectivity index (χ1) is 19.5. The molecule has 3 atom stereocenters. The van der Waals surface area contributed by atoms with E-state index in [0.29, 0.717) is 34.9 Å². The zero-order chi connectivity index (χ0) is 29.2. The summed E-state index contributed by atoms with van der Waals surface area (Å²) in [4.78, 5) is 30.3. The maximum Gasteiger partial charge on any atom is 0.306 e. The molecule has 0 bridgehead atoms. The Morgan fingerprint density at radius 3 is 2.71 bits per heavy atom. The summed E-state index contributed by atoms with van der Waals surface area (Å²) in [6, 6.07) is 13.8. The summed E-state index contributed by atoms with van der Waals surface area (Å²) in [7, 11) is 1.86. The van der Waals surface area contributed by atoms with E-state index in [1.807, 2.05) is 40.1 Å². The fraction of sp³-hybridized carbons (Fsp3) is 0.419. The number of amidine groups is 1. The molecule has 1 aromatic heterocycles. The molecule has 216 valence electrons. The summed E-state index contributed by atoms with van der Waals surface area (Å²) in [5.41, 5.74) is 1.06. The number of hydrogen-bond acceptors (Lipinski definition) is 7. The number of amides is 1. The quantitative estimate of drug-likeness (QED) is 0.397. The van der Waals surface area contributed by atoms with Crippen LogP contribution >= 0.6 is 11.8 Å². The van der Waals surface area contributed by atoms with Crippen molar-refractivity contribution in [1.29, 1.82) is 0 Å². The van der Waals surface area contributed by atoms with Crippen molar-refractivity contribution in [3.63, 3.8) is 0 Å². The van der Waals surface area contributed by atoms with Gasteiger partial charge in [-0.2, -0.15) is 5.10 Å². The van der Waals surface area contributed by atoms with Gasteiger partial charge in [-0.05, 0) is 57.4 Å². The Labute approximate surface area is 243 Å². The number of carbonyl (C=O) groups excluding carboxylic acids is 2. The molecule has 8 nitrogen and oxygen atoms in total. The first-order valence-corrected chi connectivity index (χ1v) is 14.7. The summed E-state index contributed by atoms with van der Waals surface area (Å²) in [5.74, 6) is -0.432. The summed E-state index contributed by atoms with van der Waals surface area (Å²) in [6.07, 6.45) is 4.72. The van der Waals surface area contributed by atoms with Crippen molar-refractivity contribution in [3.05, 3.63) is 89.0 Å². The number of hydrogen-bond donors (Lipinski definition) is 1. The minimum atomic E-state index is -1.05. The number of aliphatic imine (C=N–C) groups is 1. The molecular formula is C31H35FN4O4S. The number of aryl methyl sites for hydroxylation is 2. The van der Waals surface area contributed by atoms with Crippen molar-refractivity contribution in [2.45, 2.75) is 57.3 Å². The molecule has 1 saturated heterocycles. The Kier molecular flexibility index (Phi) is 8.33. The van der Waals surface area contributed by atoms with E-state index in [-0.39, 0.29) is 36.9 Å². The normalized spacial score (nSPS) is 22.4. The molecule has 3 aromatic rings. The van der Waals surface area contributed by atoms with Gasteiger partial charge in [-0.25, -0.2) is 9.38 Å². The maximum atomic E-state index is 15.7. The van der Waals surface area contributed by atoms with Gasteiger partial charge >= 0.3 is 5.97 Å². The molecule has 1 amide bonds. The highest BCUT2D eigenvalue weighted by Gasteiger charge is 2.50. The van der Waals surface area contributed by atoms with Crippen molar-refractivity contribution in [1.82, 2.24) is 15.1 Å². The van der Waals surface area contributed by atoms with Crippen LogP contribution in [-0.2, 0) is 33.3 Å². The Morgan fingerprint density at radius 1 is 1.22 bits per heavy atom. The number of fused-ring (bicyclic) bond motifs is 1. The lowest BCUT2D eigenvalue weighted by molar-refractivity contribution is -0.154. The van der Waals surface area contributed by atoms with Crippen molar-refractivity contribution in [2.75, 3.05) is 12.4 Å². The molecule has 0 unspecified atom stereocenters. The molecule has 5 rings (SSSR count). The van der Waals surface area contributed by atoms with E-state index in [9.17, 15) is 9.59 Å². The van der Waals surface area contributed by atoms with E-state index >= 15 is 4.39 Å². The molecular weight excluding hydrogens is 543 g/mol. The number of rotatable bonds is 6. The molecule has 1 fully saturated rings. The number of thioether (sulfide) groups is 1. The SMILES string of the molecule is Cn1cc([C@H]2C[C@H]3CSC(NC(=O)c4ccccc4)=N[C@@]3(c3cc(CCC(=O)OC(C)(C)C)ccc3F)CO2)cn1. The van der Waals surface area contributed by atoms with Crippen LogP contribution < -0.4 is 5.32 Å². The molecule has 0 saturated carbocycles. The van der Waals surface area contributed by atoms with Crippen LogP contribution in [0.1, 0.15) is 66.8 Å². The van der Waals surface area contributed by atoms with E-state index in [0.717, 1.165) is 11.1 Å². The van der Waals surface area contributed by atoms with E-state index < -0.39 is 17.0 Å². The number of nitrogens with one attached hydrogen (secondary N) is 1. The van der Waals surface area contributed by atoms with Crippen LogP contribution in [-0.4, -0.2) is 44.8 Å². The van der Waals surface area contributed by atoms with Gasteiger partial charge in [0, 0.05) is 48.0 Å². The first-order valence-electron chi connectivity index (χ1n) is 13.7. The lowest BCUT2D eigenvalue weighted by Gasteiger charge is -2.46. The van der Waals surface area contributed by atoms with Crippen molar-refractivity contribution >= 4 is 28.8 Å². The lowest BCUT2D eigenvalue weighted by Crippen LogP contribution is -2.49. The predicted molar refractivity (Wildman–Crippen MR) is 156 cm³/mol. The molecule has 41 heavy (non-hydrogen) atoms. The smallest absolute Gasteiger partial charge is 0.306 e. The van der Waals surface area contributed by atoms with Gasteiger partial charge in [0.25, 0.3) is 5.91 Å². The van der Waals surface area contributed by atoms with Crippen LogP contribution in [0.25, 0.3) is 0 Å². The van der Waals surface area contributed by atoms with Crippen LogP contribution in [0.15, 0.2) is 65.9 Å². The van der Waals surface area contributed by atoms with Crippen LogP contribution in [0.2, 0.25) is 0 Å². The lowest BCUT2D eigenvalue weighted by atomic mass is 9.74. The second kappa shape index (κ2) is 11.8. The second-order valence-electron chi connectivity index (χ2n) is 11.6. The van der Waals surface area contributed by atoms with Gasteiger partial charge < -0.3 is 14.8 Å². The number of carbonyl (C=O) groups is 2. The Bertz CT molecular complexity index is 1450. The average molecular weight is 579 g/mol. The van der Waals surface area contributed by atoms with Crippen LogP contribution in [0.4, 0.5) is 4.39 Å². The van der Waals surface area contributed by atoms with E-state index in [4.69, 9.17) is 14.5 Å². The van der Waals surface area contributed by atoms with Crippen molar-refractivity contribution in [2.24, 2.45) is 18.0 Å². The third-order valence-electron chi connectivity index (χ3n) is 7.29. The third kappa shape index (κ3) is 6.70. The summed E-state index contributed by atoms with van der Waals surface area (Å²) in [6.45, 7) is 5.62. The topological polar surface area (TPSA) is 94.8 Å². The van der Waals surface area contributed by atoms with Crippen LogP contribution in [0, 0.1) is 11.7 Å². The molecule has 0 spiro atoms. The highest BCUT2D eigenvalue weighted by atomic mass is 32.2. The number of halogens is 1. The minimum Gasteiger partial charge on any atom is -0.460 e. The van der Waals surface area contributed by atoms with Gasteiger partial charge in [0.05, 0.1) is 18.9 Å². The third-order valence-corrected chi connectivity index (χ3v) is 8.32. The van der Waals surface area contributed by atoms with E-state index in [2.05, 4.69) is 10.4 Å². The number of benzene rings is 2. The van der Waals surface area contributed by atoms with Crippen molar-refractivity contribution in [3.8, 4) is 0 Å². The maximum absolute atomic E-state index is 15.7. The zero-order valence-electron chi connectivity index (χ0n) is 23.7. The van der Waals surface area contributed by atoms with Crippen molar-refractivity contribution < 1.29 is 23.5 Å². The Hall–Kier alpha value is -3.50. The number of esters is 1. The molecule has 10 heteroatoms. The first kappa shape index (κ1) is 29.0. The molecule has 2 aliphatic heterocycles. The molecule has 2 aliphatic rings. The number of ether oxygens (including phenoxy) is 2. The van der Waals surface area contributed by atoms with Gasteiger partial charge in [-0.3, -0.25) is 14.3 Å². The van der Waals surface area contributed by atoms with Gasteiger partial charge in [0.15, 0.2) is 5.17 Å². The highest BCUT2D eigenvalue weighted by Crippen LogP contribution is 2.50. The minimum absolute atomic E-state index is 0.0700. The molecule has 1 N–H and O–H groups in total. The number of aromatic nitrogens is 2. The van der Waals surface area contributed by atoms with E-state index in [1.54, 1.807) is 47.3 Å². The molecule has 0 aliphatic carbocycles. The standard InChI is InChI=1S/C31H35FN4O4S/c1-30(2,3)40-27(37)13-11-20-10-12-25(32)24(14-20)31-19-39-26(22-16-33-36(4)17-22)15-23(31)18-41-29(35-31)34-28(38)21-8-6-5-7-9-21/h5-10,12,14,16-17,23,26H,11,13,15,18-19H2,1-4H3,(H,34,35,38)/t23-,26+,31-/m0/s1.